The number of carbonyl (C=O) groups is 1. The normalized spacial score (nSPS) is 17.4. The van der Waals surface area contributed by atoms with Crippen LogP contribution in [0.5, 0.6) is 0 Å². The van der Waals surface area contributed by atoms with Crippen LogP contribution in [0, 0.1) is 11.7 Å². The lowest BCUT2D eigenvalue weighted by molar-refractivity contribution is -0.143. The van der Waals surface area contributed by atoms with Crippen LogP contribution in [0.1, 0.15) is 42.6 Å². The molecule has 1 saturated heterocycles. The molecule has 0 amide bonds. The van der Waals surface area contributed by atoms with Crippen molar-refractivity contribution in [3.05, 3.63) is 65.2 Å². The number of carboxylic acid groups (broad SMARTS) is 1. The van der Waals surface area contributed by atoms with E-state index in [4.69, 9.17) is 0 Å². The molecule has 1 aliphatic rings. The number of rotatable bonds is 5. The average Bonchev–Trinajstić information content (AvgIpc) is 2.63. The van der Waals surface area contributed by atoms with Gasteiger partial charge >= 0.3 is 5.97 Å². The van der Waals surface area contributed by atoms with Crippen LogP contribution >= 0.6 is 0 Å². The van der Waals surface area contributed by atoms with Crippen LogP contribution < -0.4 is 0 Å². The van der Waals surface area contributed by atoms with E-state index in [2.05, 4.69) is 22.9 Å². The number of aryl methyl sites for hydroxylation is 1. The molecule has 1 N–H and O–H groups in total. The van der Waals surface area contributed by atoms with Gasteiger partial charge in [0.2, 0.25) is 0 Å². The van der Waals surface area contributed by atoms with Crippen LogP contribution in [0.15, 0.2) is 42.6 Å². The van der Waals surface area contributed by atoms with Gasteiger partial charge in [-0.25, -0.2) is 4.39 Å². The maximum absolute atomic E-state index is 13.8. The summed E-state index contributed by atoms with van der Waals surface area (Å²) < 4.78 is 13.8. The molecular formula is C20H23FN2O2. The summed E-state index contributed by atoms with van der Waals surface area (Å²) in [6, 6.07) is 10.5. The maximum Gasteiger partial charge on any atom is 0.306 e. The molecule has 132 valence electrons. The van der Waals surface area contributed by atoms with Gasteiger partial charge in [-0.2, -0.15) is 0 Å². The molecule has 1 fully saturated rings. The smallest absolute Gasteiger partial charge is 0.306 e. The molecule has 1 atom stereocenters. The molecule has 0 bridgehead atoms. The summed E-state index contributed by atoms with van der Waals surface area (Å²) in [5.74, 6) is -1.29. The summed E-state index contributed by atoms with van der Waals surface area (Å²) in [5.41, 5.74) is 2.88. The molecule has 1 aromatic heterocycles. The number of carboxylic acids is 1. The highest BCUT2D eigenvalue weighted by atomic mass is 19.1. The lowest BCUT2D eigenvalue weighted by Gasteiger charge is -2.36. The van der Waals surface area contributed by atoms with E-state index in [1.54, 1.807) is 12.1 Å². The number of aromatic nitrogens is 1. The van der Waals surface area contributed by atoms with Gasteiger partial charge in [0, 0.05) is 6.20 Å². The van der Waals surface area contributed by atoms with E-state index in [0.29, 0.717) is 25.9 Å². The van der Waals surface area contributed by atoms with Crippen LogP contribution in [0.2, 0.25) is 0 Å². The van der Waals surface area contributed by atoms with Gasteiger partial charge in [-0.3, -0.25) is 14.7 Å². The summed E-state index contributed by atoms with van der Waals surface area (Å²) >= 11 is 0. The number of piperidine rings is 1. The summed E-state index contributed by atoms with van der Waals surface area (Å²) in [5, 5.41) is 9.21. The zero-order valence-electron chi connectivity index (χ0n) is 14.4. The van der Waals surface area contributed by atoms with Gasteiger partial charge < -0.3 is 5.11 Å². The minimum Gasteiger partial charge on any atom is -0.481 e. The maximum atomic E-state index is 13.8. The van der Waals surface area contributed by atoms with E-state index in [1.807, 2.05) is 18.3 Å². The molecule has 5 heteroatoms. The highest BCUT2D eigenvalue weighted by Gasteiger charge is 2.30. The van der Waals surface area contributed by atoms with E-state index in [0.717, 1.165) is 23.2 Å². The standard InChI is InChI=1S/C20H23FN2O2/c1-2-14-6-7-18(22-13-14)19(16-4-3-5-17(21)12-16)23-10-8-15(9-11-23)20(24)25/h3-7,12-13,15,19H,2,8-11H2,1H3,(H,24,25). The second-order valence-electron chi connectivity index (χ2n) is 6.55. The van der Waals surface area contributed by atoms with Crippen LogP contribution in [0.25, 0.3) is 0 Å². The third-order valence-electron chi connectivity index (χ3n) is 4.94. The summed E-state index contributed by atoms with van der Waals surface area (Å²) in [6.45, 7) is 3.40. The molecule has 2 heterocycles. The minimum atomic E-state index is -0.729. The molecule has 0 spiro atoms. The molecule has 25 heavy (non-hydrogen) atoms. The Morgan fingerprint density at radius 3 is 2.64 bits per heavy atom. The number of halogens is 1. The minimum absolute atomic E-state index is 0.156. The molecule has 1 unspecified atom stereocenters. The lowest BCUT2D eigenvalue weighted by Crippen LogP contribution is -2.39. The number of nitrogens with zero attached hydrogens (tertiary/aromatic N) is 2. The van der Waals surface area contributed by atoms with E-state index in [-0.39, 0.29) is 17.8 Å². The Morgan fingerprint density at radius 1 is 1.32 bits per heavy atom. The number of hydrogen-bond donors (Lipinski definition) is 1. The van der Waals surface area contributed by atoms with Crippen molar-refractivity contribution in [1.29, 1.82) is 0 Å². The Morgan fingerprint density at radius 2 is 2.08 bits per heavy atom. The molecule has 1 aromatic carbocycles. The van der Waals surface area contributed by atoms with Crippen LogP contribution in [-0.4, -0.2) is 34.0 Å². The fraction of sp³-hybridized carbons (Fsp3) is 0.400. The molecule has 3 rings (SSSR count). The zero-order chi connectivity index (χ0) is 17.8. The van der Waals surface area contributed by atoms with E-state index in [1.165, 1.54) is 6.07 Å². The summed E-state index contributed by atoms with van der Waals surface area (Å²) in [6.07, 6.45) is 4.00. The van der Waals surface area contributed by atoms with Gasteiger partial charge in [0.05, 0.1) is 17.7 Å². The lowest BCUT2D eigenvalue weighted by atomic mass is 9.93. The van der Waals surface area contributed by atoms with Gasteiger partial charge in [-0.1, -0.05) is 25.1 Å². The topological polar surface area (TPSA) is 53.4 Å². The summed E-state index contributed by atoms with van der Waals surface area (Å²) in [4.78, 5) is 18.0. The highest BCUT2D eigenvalue weighted by molar-refractivity contribution is 5.70. The Labute approximate surface area is 147 Å². The first-order valence-corrected chi connectivity index (χ1v) is 8.75. The second kappa shape index (κ2) is 7.74. The largest absolute Gasteiger partial charge is 0.481 e. The van der Waals surface area contributed by atoms with Gasteiger partial charge in [0.25, 0.3) is 0 Å². The van der Waals surface area contributed by atoms with Crippen LogP contribution in [-0.2, 0) is 11.2 Å². The van der Waals surface area contributed by atoms with Crippen molar-refractivity contribution >= 4 is 5.97 Å². The predicted octanol–water partition coefficient (Wildman–Crippen LogP) is 3.67. The first-order chi connectivity index (χ1) is 12.1. The second-order valence-corrected chi connectivity index (χ2v) is 6.55. The fourth-order valence-electron chi connectivity index (χ4n) is 3.46. The fourth-order valence-corrected chi connectivity index (χ4v) is 3.46. The quantitative estimate of drug-likeness (QED) is 0.901. The molecule has 0 radical (unpaired) electrons. The number of aliphatic carboxylic acids is 1. The van der Waals surface area contributed by atoms with Gasteiger partial charge in [-0.05, 0) is 61.7 Å². The average molecular weight is 342 g/mol. The first-order valence-electron chi connectivity index (χ1n) is 8.75. The number of benzene rings is 1. The van der Waals surface area contributed by atoms with Crippen molar-refractivity contribution in [3.8, 4) is 0 Å². The Bertz CT molecular complexity index is 725. The van der Waals surface area contributed by atoms with Gasteiger partial charge in [0.1, 0.15) is 5.82 Å². The number of pyridine rings is 1. The van der Waals surface area contributed by atoms with Gasteiger partial charge in [-0.15, -0.1) is 0 Å². The monoisotopic (exact) mass is 342 g/mol. The molecule has 0 aliphatic carbocycles. The van der Waals surface area contributed by atoms with Crippen LogP contribution in [0.3, 0.4) is 0 Å². The SMILES string of the molecule is CCc1ccc(C(c2cccc(F)c2)N2CCC(C(=O)O)CC2)nc1. The van der Waals surface area contributed by atoms with Crippen molar-refractivity contribution in [1.82, 2.24) is 9.88 Å². The number of likely N-dealkylation sites (tertiary alicyclic amines) is 1. The number of hydrogen-bond acceptors (Lipinski definition) is 3. The van der Waals surface area contributed by atoms with E-state index in [9.17, 15) is 14.3 Å². The molecule has 0 saturated carbocycles. The molecule has 1 aliphatic heterocycles. The Balaban J connectivity index is 1.90. The molecular weight excluding hydrogens is 319 g/mol. The van der Waals surface area contributed by atoms with Crippen molar-refractivity contribution < 1.29 is 14.3 Å². The third kappa shape index (κ3) is 4.04. The van der Waals surface area contributed by atoms with Crippen molar-refractivity contribution in [2.45, 2.75) is 32.2 Å². The Hall–Kier alpha value is -2.27. The van der Waals surface area contributed by atoms with Crippen molar-refractivity contribution in [2.75, 3.05) is 13.1 Å². The van der Waals surface area contributed by atoms with E-state index < -0.39 is 5.97 Å². The van der Waals surface area contributed by atoms with E-state index >= 15 is 0 Å². The molecule has 4 nitrogen and oxygen atoms in total. The third-order valence-corrected chi connectivity index (χ3v) is 4.94. The first kappa shape index (κ1) is 17.5. The molecule has 2 aromatic rings. The summed E-state index contributed by atoms with van der Waals surface area (Å²) in [7, 11) is 0. The highest BCUT2D eigenvalue weighted by Crippen LogP contribution is 2.32. The predicted molar refractivity (Wildman–Crippen MR) is 93.8 cm³/mol. The zero-order valence-corrected chi connectivity index (χ0v) is 14.4. The van der Waals surface area contributed by atoms with Crippen molar-refractivity contribution in [3.63, 3.8) is 0 Å². The van der Waals surface area contributed by atoms with Gasteiger partial charge in [0.15, 0.2) is 0 Å². The van der Waals surface area contributed by atoms with Crippen molar-refractivity contribution in [2.24, 2.45) is 5.92 Å². The van der Waals surface area contributed by atoms with Crippen LogP contribution in [0.4, 0.5) is 4.39 Å². The Kier molecular flexibility index (Phi) is 5.43.